The summed E-state index contributed by atoms with van der Waals surface area (Å²) in [5.41, 5.74) is 10.6. The molecule has 4 aromatic rings. The first-order valence-corrected chi connectivity index (χ1v) is 14.1. The summed E-state index contributed by atoms with van der Waals surface area (Å²) in [6.45, 7) is 3.94. The number of aromatic nitrogens is 1. The minimum absolute atomic E-state index is 0.0484. The van der Waals surface area contributed by atoms with Gasteiger partial charge in [-0.15, -0.1) is 0 Å². The van der Waals surface area contributed by atoms with Gasteiger partial charge < -0.3 is 29.1 Å². The molecule has 0 radical (unpaired) electrons. The number of carbonyl (C=O) groups excluding carboxylic acids is 1. The second kappa shape index (κ2) is 12.2. The second-order valence-corrected chi connectivity index (χ2v) is 10.8. The lowest BCUT2D eigenvalue weighted by Crippen LogP contribution is -2.34. The molecule has 1 fully saturated rings. The van der Waals surface area contributed by atoms with Crippen molar-refractivity contribution in [2.45, 2.75) is 58.1 Å². The van der Waals surface area contributed by atoms with Crippen molar-refractivity contribution in [3.05, 3.63) is 54.2 Å². The van der Waals surface area contributed by atoms with Crippen molar-refractivity contribution in [3.8, 4) is 45.4 Å². The number of fused-ring (bicyclic) bond motifs is 1. The second-order valence-electron chi connectivity index (χ2n) is 10.8. The third-order valence-electron chi connectivity index (χ3n) is 7.69. The number of nitrogens with zero attached hydrogens (tertiary/aromatic N) is 1. The fraction of sp³-hybridized carbons (Fsp3) is 0.394. The first-order valence-electron chi connectivity index (χ1n) is 14.1. The van der Waals surface area contributed by atoms with Crippen LogP contribution in [0.4, 0.5) is 0 Å². The van der Waals surface area contributed by atoms with E-state index in [-0.39, 0.29) is 23.8 Å². The maximum Gasteiger partial charge on any atom is 0.203 e. The molecule has 0 saturated heterocycles. The highest BCUT2D eigenvalue weighted by molar-refractivity contribution is 6.00. The lowest BCUT2D eigenvalue weighted by Gasteiger charge is -2.28. The Morgan fingerprint density at radius 3 is 2.37 bits per heavy atom. The molecule has 0 unspecified atom stereocenters. The van der Waals surface area contributed by atoms with Crippen molar-refractivity contribution < 1.29 is 28.2 Å². The summed E-state index contributed by atoms with van der Waals surface area (Å²) in [7, 11) is 4.72. The third-order valence-corrected chi connectivity index (χ3v) is 7.69. The number of pyridine rings is 1. The van der Waals surface area contributed by atoms with E-state index in [0.29, 0.717) is 51.8 Å². The van der Waals surface area contributed by atoms with Crippen LogP contribution in [0.2, 0.25) is 0 Å². The monoisotopic (exact) mass is 558 g/mol. The van der Waals surface area contributed by atoms with E-state index in [4.69, 9.17) is 29.1 Å². The Kier molecular flexibility index (Phi) is 8.49. The van der Waals surface area contributed by atoms with Crippen molar-refractivity contribution in [2.24, 2.45) is 11.7 Å². The van der Waals surface area contributed by atoms with Crippen LogP contribution in [0.15, 0.2) is 53.1 Å². The van der Waals surface area contributed by atoms with E-state index in [9.17, 15) is 4.79 Å². The Labute approximate surface area is 240 Å². The van der Waals surface area contributed by atoms with Crippen LogP contribution < -0.4 is 24.7 Å². The number of hydrogen-bond acceptors (Lipinski definition) is 8. The van der Waals surface area contributed by atoms with Crippen LogP contribution >= 0.6 is 0 Å². The molecule has 41 heavy (non-hydrogen) atoms. The number of methoxy groups -OCH3 is 3. The van der Waals surface area contributed by atoms with Crippen molar-refractivity contribution >= 4 is 16.9 Å². The van der Waals surface area contributed by atoms with E-state index in [1.165, 1.54) is 0 Å². The van der Waals surface area contributed by atoms with E-state index in [0.717, 1.165) is 42.4 Å². The maximum absolute atomic E-state index is 13.5. The maximum atomic E-state index is 13.5. The molecule has 216 valence electrons. The highest BCUT2D eigenvalue weighted by atomic mass is 16.5. The number of Topliss-reactive ketones (excluding diaryl/α,β-unsaturated/α-hetero) is 1. The number of rotatable bonds is 10. The van der Waals surface area contributed by atoms with Crippen LogP contribution in [0.3, 0.4) is 0 Å². The van der Waals surface area contributed by atoms with Gasteiger partial charge in [-0.25, -0.2) is 0 Å². The summed E-state index contributed by atoms with van der Waals surface area (Å²) < 4.78 is 29.0. The molecule has 2 aromatic heterocycles. The molecule has 8 heteroatoms. The molecular formula is C33H38N2O6. The molecule has 0 spiro atoms. The molecular weight excluding hydrogens is 520 g/mol. The predicted molar refractivity (Wildman–Crippen MR) is 159 cm³/mol. The molecule has 2 heterocycles. The van der Waals surface area contributed by atoms with Gasteiger partial charge in [-0.3, -0.25) is 9.78 Å². The first-order chi connectivity index (χ1) is 19.8. The highest BCUT2D eigenvalue weighted by Crippen LogP contribution is 2.43. The van der Waals surface area contributed by atoms with Gasteiger partial charge in [-0.2, -0.15) is 0 Å². The van der Waals surface area contributed by atoms with Crippen LogP contribution in [0.5, 0.6) is 23.0 Å². The number of furan rings is 1. The van der Waals surface area contributed by atoms with Crippen LogP contribution in [0, 0.1) is 5.92 Å². The lowest BCUT2D eigenvalue weighted by atomic mass is 9.81. The molecule has 0 bridgehead atoms. The Balaban J connectivity index is 1.57. The molecule has 2 N–H and O–H groups in total. The number of ether oxygens (including phenoxy) is 4. The zero-order valence-corrected chi connectivity index (χ0v) is 24.4. The topological polar surface area (TPSA) is 106 Å². The van der Waals surface area contributed by atoms with Crippen molar-refractivity contribution in [2.75, 3.05) is 21.3 Å². The molecule has 2 atom stereocenters. The molecule has 8 nitrogen and oxygen atoms in total. The van der Waals surface area contributed by atoms with E-state index in [1.54, 1.807) is 27.5 Å². The molecule has 1 aliphatic carbocycles. The van der Waals surface area contributed by atoms with Crippen LogP contribution in [-0.4, -0.2) is 44.2 Å². The van der Waals surface area contributed by atoms with Gasteiger partial charge in [-0.05, 0) is 74.6 Å². The van der Waals surface area contributed by atoms with Gasteiger partial charge in [0.1, 0.15) is 17.0 Å². The molecule has 5 rings (SSSR count). The van der Waals surface area contributed by atoms with Gasteiger partial charge in [0.2, 0.25) is 5.75 Å². The molecule has 2 aromatic carbocycles. The van der Waals surface area contributed by atoms with E-state index >= 15 is 0 Å². The van der Waals surface area contributed by atoms with Crippen molar-refractivity contribution in [1.82, 2.24) is 4.98 Å². The summed E-state index contributed by atoms with van der Waals surface area (Å²) in [5, 5.41) is 0. The number of benzene rings is 2. The average molecular weight is 559 g/mol. The molecule has 0 amide bonds. The Hall–Kier alpha value is -4.04. The standard InChI is InChI=1S/C33H38N2O6/c1-19(2)40-24-13-21(12-22(14-24)28(36)15-20-8-6-7-9-26(20)34)25-10-11-35-27-18-29(41-32(25)27)23-16-30(37-3)33(39-5)31(17-23)38-4/h10-14,16-20,26H,6-9,15,34H2,1-5H3/t20-,26-/m0/s1. The zero-order chi connectivity index (χ0) is 29.1. The first kappa shape index (κ1) is 28.5. The van der Waals surface area contributed by atoms with Gasteiger partial charge in [-0.1, -0.05) is 12.8 Å². The van der Waals surface area contributed by atoms with Crippen LogP contribution in [0.25, 0.3) is 33.6 Å². The third kappa shape index (κ3) is 6.03. The Morgan fingerprint density at radius 1 is 0.976 bits per heavy atom. The smallest absolute Gasteiger partial charge is 0.203 e. The molecule has 0 aliphatic heterocycles. The van der Waals surface area contributed by atoms with Crippen molar-refractivity contribution in [3.63, 3.8) is 0 Å². The van der Waals surface area contributed by atoms with Crippen LogP contribution in [0.1, 0.15) is 56.3 Å². The Morgan fingerprint density at radius 2 is 1.71 bits per heavy atom. The van der Waals surface area contributed by atoms with Gasteiger partial charge in [0, 0.05) is 41.4 Å². The average Bonchev–Trinajstić information content (AvgIpc) is 3.41. The van der Waals surface area contributed by atoms with Gasteiger partial charge >= 0.3 is 0 Å². The summed E-state index contributed by atoms with van der Waals surface area (Å²) in [6.07, 6.45) is 6.34. The number of hydrogen-bond donors (Lipinski definition) is 1. The SMILES string of the molecule is COc1cc(-c2cc3nccc(-c4cc(OC(C)C)cc(C(=O)C[C@@H]5CCCC[C@@H]5N)c4)c3o2)cc(OC)c1OC. The number of ketones is 1. The van der Waals surface area contributed by atoms with Gasteiger partial charge in [0.05, 0.1) is 27.4 Å². The summed E-state index contributed by atoms with van der Waals surface area (Å²) >= 11 is 0. The minimum Gasteiger partial charge on any atom is -0.493 e. The van der Waals surface area contributed by atoms with E-state index in [1.807, 2.05) is 56.3 Å². The van der Waals surface area contributed by atoms with E-state index < -0.39 is 0 Å². The Bertz CT molecular complexity index is 1520. The highest BCUT2D eigenvalue weighted by Gasteiger charge is 2.26. The minimum atomic E-state index is -0.0484. The summed E-state index contributed by atoms with van der Waals surface area (Å²) in [4.78, 5) is 18.1. The van der Waals surface area contributed by atoms with Gasteiger partial charge in [0.15, 0.2) is 22.9 Å². The van der Waals surface area contributed by atoms with Gasteiger partial charge in [0.25, 0.3) is 0 Å². The number of nitrogens with two attached hydrogens (primary N) is 1. The number of carbonyl (C=O) groups is 1. The summed E-state index contributed by atoms with van der Waals surface area (Å²) in [5.74, 6) is 3.05. The fourth-order valence-corrected chi connectivity index (χ4v) is 5.63. The zero-order valence-electron chi connectivity index (χ0n) is 24.4. The van der Waals surface area contributed by atoms with E-state index in [2.05, 4.69) is 4.98 Å². The largest absolute Gasteiger partial charge is 0.493 e. The van der Waals surface area contributed by atoms with Crippen LogP contribution in [-0.2, 0) is 0 Å². The molecule has 1 aliphatic rings. The summed E-state index contributed by atoms with van der Waals surface area (Å²) in [6, 6.07) is 13.2. The normalized spacial score (nSPS) is 17.0. The van der Waals surface area contributed by atoms with Crippen molar-refractivity contribution in [1.29, 1.82) is 0 Å². The predicted octanol–water partition coefficient (Wildman–Crippen LogP) is 7.07. The lowest BCUT2D eigenvalue weighted by molar-refractivity contribution is 0.0941. The quantitative estimate of drug-likeness (QED) is 0.206. The fourth-order valence-electron chi connectivity index (χ4n) is 5.63. The molecule has 1 saturated carbocycles.